The van der Waals surface area contributed by atoms with Gasteiger partial charge in [-0.05, 0) is 18.9 Å². The summed E-state index contributed by atoms with van der Waals surface area (Å²) in [6.07, 6.45) is 5.47. The van der Waals surface area contributed by atoms with Gasteiger partial charge in [-0.15, -0.1) is 11.3 Å². The number of para-hydroxylation sites is 1. The highest BCUT2D eigenvalue weighted by atomic mass is 32.1. The number of nitrogens with one attached hydrogen (secondary N) is 1. The number of thiazole rings is 1. The van der Waals surface area contributed by atoms with Crippen molar-refractivity contribution in [3.05, 3.63) is 77.7 Å². The molecule has 4 aromatic rings. The molecule has 3 heterocycles. The Morgan fingerprint density at radius 1 is 1.00 bits per heavy atom. The Kier molecular flexibility index (Phi) is 4.69. The van der Waals surface area contributed by atoms with Crippen molar-refractivity contribution in [2.24, 2.45) is 0 Å². The lowest BCUT2D eigenvalue weighted by molar-refractivity contribution is 0.102. The van der Waals surface area contributed by atoms with Crippen LogP contribution in [0.25, 0.3) is 21.8 Å². The first-order valence-electron chi connectivity index (χ1n) is 9.76. The molecule has 5 nitrogen and oxygen atoms in total. The second-order valence-electron chi connectivity index (χ2n) is 7.10. The summed E-state index contributed by atoms with van der Waals surface area (Å²) in [5, 5.41) is 5.67. The molecule has 1 aliphatic heterocycles. The van der Waals surface area contributed by atoms with Gasteiger partial charge in [-0.1, -0.05) is 48.5 Å². The van der Waals surface area contributed by atoms with E-state index in [2.05, 4.69) is 21.1 Å². The van der Waals surface area contributed by atoms with E-state index < -0.39 is 0 Å². The van der Waals surface area contributed by atoms with Gasteiger partial charge in [0.1, 0.15) is 16.5 Å². The summed E-state index contributed by atoms with van der Waals surface area (Å²) < 4.78 is 2.23. The van der Waals surface area contributed by atoms with Crippen LogP contribution in [-0.4, -0.2) is 20.4 Å². The van der Waals surface area contributed by atoms with Gasteiger partial charge < -0.3 is 9.88 Å². The van der Waals surface area contributed by atoms with E-state index in [4.69, 9.17) is 4.98 Å². The number of aryl methyl sites for hydroxylation is 2. The van der Waals surface area contributed by atoms with Crippen LogP contribution in [0.15, 0.2) is 66.2 Å². The number of amides is 1. The average molecular weight is 401 g/mol. The summed E-state index contributed by atoms with van der Waals surface area (Å²) >= 11 is 1.47. The number of benzene rings is 2. The quantitative estimate of drug-likeness (QED) is 0.508. The molecule has 0 atom stereocenters. The fourth-order valence-corrected chi connectivity index (χ4v) is 4.44. The molecule has 0 aliphatic carbocycles. The monoisotopic (exact) mass is 400 g/mol. The van der Waals surface area contributed by atoms with Crippen molar-refractivity contribution in [3.8, 4) is 21.8 Å². The van der Waals surface area contributed by atoms with Gasteiger partial charge in [0.25, 0.3) is 5.91 Å². The van der Waals surface area contributed by atoms with Gasteiger partial charge in [-0.2, -0.15) is 0 Å². The first-order chi connectivity index (χ1) is 14.3. The molecule has 0 fully saturated rings. The second-order valence-corrected chi connectivity index (χ2v) is 7.95. The molecule has 2 aromatic carbocycles. The summed E-state index contributed by atoms with van der Waals surface area (Å²) in [6.45, 7) is 1.01. The van der Waals surface area contributed by atoms with Crippen molar-refractivity contribution in [2.45, 2.75) is 25.8 Å². The van der Waals surface area contributed by atoms with Gasteiger partial charge in [-0.3, -0.25) is 4.79 Å². The van der Waals surface area contributed by atoms with Crippen LogP contribution in [0, 0.1) is 0 Å². The Labute approximate surface area is 173 Å². The smallest absolute Gasteiger partial charge is 0.275 e. The molecule has 0 spiro atoms. The minimum absolute atomic E-state index is 0.208. The number of anilines is 1. The number of imidazole rings is 1. The minimum Gasteiger partial charge on any atom is -0.334 e. The lowest BCUT2D eigenvalue weighted by atomic mass is 10.1. The van der Waals surface area contributed by atoms with E-state index in [9.17, 15) is 4.79 Å². The lowest BCUT2D eigenvalue weighted by Gasteiger charge is -2.11. The average Bonchev–Trinajstić information content (AvgIpc) is 3.42. The molecule has 0 unspecified atom stereocenters. The van der Waals surface area contributed by atoms with E-state index in [1.807, 2.05) is 54.6 Å². The molecule has 0 bridgehead atoms. The van der Waals surface area contributed by atoms with E-state index >= 15 is 0 Å². The number of carbonyl (C=O) groups excluding carboxylic acids is 1. The van der Waals surface area contributed by atoms with Crippen molar-refractivity contribution in [2.75, 3.05) is 5.32 Å². The molecule has 1 amide bonds. The van der Waals surface area contributed by atoms with Crippen LogP contribution in [0.5, 0.6) is 0 Å². The summed E-state index contributed by atoms with van der Waals surface area (Å²) in [5.41, 5.74) is 4.03. The Morgan fingerprint density at radius 3 is 2.69 bits per heavy atom. The highest BCUT2D eigenvalue weighted by Crippen LogP contribution is 2.30. The van der Waals surface area contributed by atoms with Crippen LogP contribution in [0.1, 0.15) is 29.2 Å². The van der Waals surface area contributed by atoms with Gasteiger partial charge in [0.2, 0.25) is 0 Å². The number of rotatable bonds is 4. The number of carbonyl (C=O) groups is 1. The number of hydrogen-bond donors (Lipinski definition) is 1. The third-order valence-electron chi connectivity index (χ3n) is 5.12. The Hall–Kier alpha value is -3.25. The van der Waals surface area contributed by atoms with Gasteiger partial charge in [0.05, 0.1) is 11.4 Å². The molecule has 0 saturated heterocycles. The molecule has 2 aromatic heterocycles. The molecule has 0 radical (unpaired) electrons. The zero-order chi connectivity index (χ0) is 19.6. The van der Waals surface area contributed by atoms with Crippen LogP contribution in [0.2, 0.25) is 0 Å². The number of aromatic nitrogens is 3. The first-order valence-corrected chi connectivity index (χ1v) is 10.6. The lowest BCUT2D eigenvalue weighted by Crippen LogP contribution is -2.13. The van der Waals surface area contributed by atoms with Gasteiger partial charge in [-0.25, -0.2) is 9.97 Å². The first kappa shape index (κ1) is 17.8. The normalized spacial score (nSPS) is 13.1. The van der Waals surface area contributed by atoms with Crippen molar-refractivity contribution in [1.29, 1.82) is 0 Å². The van der Waals surface area contributed by atoms with Gasteiger partial charge in [0, 0.05) is 35.7 Å². The molecular formula is C23H20N4OS. The highest BCUT2D eigenvalue weighted by molar-refractivity contribution is 7.13. The van der Waals surface area contributed by atoms with Crippen LogP contribution in [0.4, 0.5) is 5.69 Å². The molecular weight excluding hydrogens is 380 g/mol. The maximum absolute atomic E-state index is 12.8. The van der Waals surface area contributed by atoms with Crippen LogP contribution >= 0.6 is 11.3 Å². The highest BCUT2D eigenvalue weighted by Gasteiger charge is 2.17. The Balaban J connectivity index is 1.41. The minimum atomic E-state index is -0.208. The fraction of sp³-hybridized carbons (Fsp3) is 0.174. The van der Waals surface area contributed by atoms with Gasteiger partial charge in [0.15, 0.2) is 0 Å². The van der Waals surface area contributed by atoms with E-state index in [0.717, 1.165) is 46.3 Å². The summed E-state index contributed by atoms with van der Waals surface area (Å²) in [5.74, 6) is 0.916. The van der Waals surface area contributed by atoms with Crippen molar-refractivity contribution >= 4 is 22.9 Å². The van der Waals surface area contributed by atoms with E-state index in [1.54, 1.807) is 5.38 Å². The van der Waals surface area contributed by atoms with Crippen LogP contribution in [0.3, 0.4) is 0 Å². The second kappa shape index (κ2) is 7.64. The summed E-state index contributed by atoms with van der Waals surface area (Å²) in [7, 11) is 0. The molecule has 1 aliphatic rings. The van der Waals surface area contributed by atoms with Gasteiger partial charge >= 0.3 is 0 Å². The van der Waals surface area contributed by atoms with Crippen molar-refractivity contribution in [1.82, 2.24) is 14.5 Å². The predicted molar refractivity (Wildman–Crippen MR) is 116 cm³/mol. The Bertz CT molecular complexity index is 1140. The SMILES string of the molecule is O=C(Nc1ccccc1-c1cn2c(n1)CCCC2)c1csc(-c2ccccc2)n1. The zero-order valence-electron chi connectivity index (χ0n) is 15.8. The summed E-state index contributed by atoms with van der Waals surface area (Å²) in [4.78, 5) is 22.2. The van der Waals surface area contributed by atoms with E-state index in [1.165, 1.54) is 24.2 Å². The summed E-state index contributed by atoms with van der Waals surface area (Å²) in [6, 6.07) is 17.7. The fourth-order valence-electron chi connectivity index (χ4n) is 3.64. The van der Waals surface area contributed by atoms with Crippen LogP contribution in [-0.2, 0) is 13.0 Å². The third kappa shape index (κ3) is 3.59. The van der Waals surface area contributed by atoms with Crippen LogP contribution < -0.4 is 5.32 Å². The molecule has 29 heavy (non-hydrogen) atoms. The number of fused-ring (bicyclic) bond motifs is 1. The standard InChI is InChI=1S/C23H20N4OS/c28-22(20-15-29-23(26-20)16-8-2-1-3-9-16)25-18-11-5-4-10-17(18)19-14-27-13-7-6-12-21(27)24-19/h1-5,8-11,14-15H,6-7,12-13H2,(H,25,28). The van der Waals surface area contributed by atoms with E-state index in [0.29, 0.717) is 5.69 Å². The maximum atomic E-state index is 12.8. The topological polar surface area (TPSA) is 59.8 Å². The molecule has 144 valence electrons. The number of hydrogen-bond acceptors (Lipinski definition) is 4. The molecule has 0 saturated carbocycles. The van der Waals surface area contributed by atoms with Crippen molar-refractivity contribution in [3.63, 3.8) is 0 Å². The molecule has 6 heteroatoms. The molecule has 5 rings (SSSR count). The zero-order valence-corrected chi connectivity index (χ0v) is 16.7. The maximum Gasteiger partial charge on any atom is 0.275 e. The van der Waals surface area contributed by atoms with Crippen molar-refractivity contribution < 1.29 is 4.79 Å². The Morgan fingerprint density at radius 2 is 1.83 bits per heavy atom. The predicted octanol–water partition coefficient (Wildman–Crippen LogP) is 5.26. The number of nitrogens with zero attached hydrogens (tertiary/aromatic N) is 3. The largest absolute Gasteiger partial charge is 0.334 e. The molecule has 1 N–H and O–H groups in total. The third-order valence-corrected chi connectivity index (χ3v) is 6.01. The van der Waals surface area contributed by atoms with E-state index in [-0.39, 0.29) is 5.91 Å².